The summed E-state index contributed by atoms with van der Waals surface area (Å²) >= 11 is 0. The van der Waals surface area contributed by atoms with Crippen LogP contribution in [-0.4, -0.2) is 38.8 Å². The van der Waals surface area contributed by atoms with Crippen LogP contribution in [0.15, 0.2) is 54.9 Å². The fraction of sp³-hybridized carbons (Fsp3) is 0.273. The maximum Gasteiger partial charge on any atom is 0.227 e. The summed E-state index contributed by atoms with van der Waals surface area (Å²) in [7, 11) is 0. The van der Waals surface area contributed by atoms with Gasteiger partial charge in [0.25, 0.3) is 0 Å². The van der Waals surface area contributed by atoms with E-state index < -0.39 is 0 Å². The van der Waals surface area contributed by atoms with Gasteiger partial charge in [0, 0.05) is 11.8 Å². The second-order valence-corrected chi connectivity index (χ2v) is 7.15. The van der Waals surface area contributed by atoms with Crippen LogP contribution < -0.4 is 0 Å². The topological polar surface area (TPSA) is 69.2 Å². The zero-order chi connectivity index (χ0) is 19.7. The van der Waals surface area contributed by atoms with Crippen molar-refractivity contribution in [3.63, 3.8) is 0 Å². The lowest BCUT2D eigenvalue weighted by molar-refractivity contribution is -0.137. The lowest BCUT2D eigenvalue weighted by atomic mass is 9.84. The van der Waals surface area contributed by atoms with Gasteiger partial charge in [-0.05, 0) is 41.7 Å². The molecule has 144 valence electrons. The van der Waals surface area contributed by atoms with Crippen LogP contribution in [0.25, 0.3) is 11.1 Å². The van der Waals surface area contributed by atoms with Crippen LogP contribution in [0, 0.1) is 5.82 Å². The molecule has 3 aromatic rings. The van der Waals surface area contributed by atoms with Gasteiger partial charge in [-0.3, -0.25) is 9.89 Å². The van der Waals surface area contributed by atoms with E-state index >= 15 is 0 Å². The average Bonchev–Trinajstić information content (AvgIpc) is 3.23. The van der Waals surface area contributed by atoms with Gasteiger partial charge in [0.15, 0.2) is 0 Å². The van der Waals surface area contributed by atoms with Crippen LogP contribution >= 0.6 is 0 Å². The van der Waals surface area contributed by atoms with Gasteiger partial charge in [0.1, 0.15) is 5.82 Å². The average molecular weight is 379 g/mol. The van der Waals surface area contributed by atoms with Gasteiger partial charge in [-0.2, -0.15) is 5.10 Å². The van der Waals surface area contributed by atoms with Gasteiger partial charge in [-0.25, -0.2) is 4.39 Å². The predicted molar refractivity (Wildman–Crippen MR) is 104 cm³/mol. The predicted octanol–water partition coefficient (Wildman–Crippen LogP) is 3.27. The van der Waals surface area contributed by atoms with E-state index in [1.54, 1.807) is 29.3 Å². The first-order valence-electron chi connectivity index (χ1n) is 9.36. The third-order valence-electron chi connectivity index (χ3n) is 5.52. The number of hydrogen-bond donors (Lipinski definition) is 2. The summed E-state index contributed by atoms with van der Waals surface area (Å²) in [6.45, 7) is 1.81. The van der Waals surface area contributed by atoms with Crippen LogP contribution in [0.5, 0.6) is 0 Å². The van der Waals surface area contributed by atoms with Crippen LogP contribution in [-0.2, 0) is 17.6 Å². The van der Waals surface area contributed by atoms with E-state index in [-0.39, 0.29) is 36.8 Å². The van der Waals surface area contributed by atoms with E-state index in [9.17, 15) is 14.3 Å². The standard InChI is InChI=1S/C22H22FN3O2/c1-14-18-6-4-7-19(16-11-24-25-12-16)20(18)10-17(13-27)26(14)22(28)9-15-5-2-3-8-21(15)23/h2-8,11-12,14,17,27H,9-10,13H2,1H3,(H,24,25)/t14-,17+/m0/s1. The van der Waals surface area contributed by atoms with Crippen LogP contribution in [0.2, 0.25) is 0 Å². The molecule has 0 aliphatic carbocycles. The molecule has 0 fully saturated rings. The number of hydrogen-bond acceptors (Lipinski definition) is 3. The van der Waals surface area contributed by atoms with Crippen molar-refractivity contribution in [1.82, 2.24) is 15.1 Å². The van der Waals surface area contributed by atoms with Gasteiger partial charge < -0.3 is 10.0 Å². The third kappa shape index (κ3) is 3.20. The quantitative estimate of drug-likeness (QED) is 0.731. The van der Waals surface area contributed by atoms with Crippen molar-refractivity contribution in [3.8, 4) is 11.1 Å². The Hall–Kier alpha value is -2.99. The lowest BCUT2D eigenvalue weighted by Gasteiger charge is -2.42. The Morgan fingerprint density at radius 3 is 2.82 bits per heavy atom. The summed E-state index contributed by atoms with van der Waals surface area (Å²) in [5.41, 5.74) is 4.56. The van der Waals surface area contributed by atoms with E-state index in [0.717, 1.165) is 22.3 Å². The van der Waals surface area contributed by atoms with E-state index in [1.165, 1.54) is 6.07 Å². The molecule has 2 aromatic carbocycles. The molecule has 1 aliphatic heterocycles. The van der Waals surface area contributed by atoms with Gasteiger partial charge in [-0.15, -0.1) is 0 Å². The highest BCUT2D eigenvalue weighted by atomic mass is 19.1. The maximum atomic E-state index is 14.0. The number of aliphatic hydroxyl groups is 1. The Labute approximate surface area is 162 Å². The summed E-state index contributed by atoms with van der Waals surface area (Å²) in [6, 6.07) is 11.8. The SMILES string of the molecule is C[C@H]1c2cccc(-c3cn[nH]c3)c2C[C@H](CO)N1C(=O)Cc1ccccc1F. The van der Waals surface area contributed by atoms with Crippen LogP contribution in [0.1, 0.15) is 29.7 Å². The number of nitrogens with zero attached hydrogens (tertiary/aromatic N) is 2. The number of nitrogens with one attached hydrogen (secondary N) is 1. The first-order chi connectivity index (χ1) is 13.6. The number of amides is 1. The van der Waals surface area contributed by atoms with Gasteiger partial charge in [0.2, 0.25) is 5.91 Å². The van der Waals surface area contributed by atoms with Crippen molar-refractivity contribution in [1.29, 1.82) is 0 Å². The van der Waals surface area contributed by atoms with E-state index in [4.69, 9.17) is 0 Å². The van der Waals surface area contributed by atoms with Crippen molar-refractivity contribution in [2.75, 3.05) is 6.61 Å². The Bertz CT molecular complexity index is 987. The van der Waals surface area contributed by atoms with Gasteiger partial charge in [0.05, 0.1) is 31.3 Å². The number of carbonyl (C=O) groups excluding carboxylic acids is 1. The van der Waals surface area contributed by atoms with Crippen molar-refractivity contribution >= 4 is 5.91 Å². The minimum absolute atomic E-state index is 0.0235. The highest BCUT2D eigenvalue weighted by Crippen LogP contribution is 2.38. The number of halogens is 1. The maximum absolute atomic E-state index is 14.0. The molecule has 28 heavy (non-hydrogen) atoms. The molecule has 2 N–H and O–H groups in total. The normalized spacial score (nSPS) is 18.8. The first-order valence-corrected chi connectivity index (χ1v) is 9.36. The summed E-state index contributed by atoms with van der Waals surface area (Å²) in [5.74, 6) is -0.570. The summed E-state index contributed by atoms with van der Waals surface area (Å²) < 4.78 is 14.0. The number of rotatable bonds is 4. The van der Waals surface area contributed by atoms with Gasteiger partial charge >= 0.3 is 0 Å². The lowest BCUT2D eigenvalue weighted by Crippen LogP contribution is -2.49. The second-order valence-electron chi connectivity index (χ2n) is 7.15. The number of aliphatic hydroxyl groups excluding tert-OH is 1. The van der Waals surface area contributed by atoms with Crippen molar-refractivity contribution < 1.29 is 14.3 Å². The monoisotopic (exact) mass is 379 g/mol. The second kappa shape index (κ2) is 7.56. The van der Waals surface area contributed by atoms with Gasteiger partial charge in [-0.1, -0.05) is 36.4 Å². The van der Waals surface area contributed by atoms with Crippen molar-refractivity contribution in [2.24, 2.45) is 0 Å². The minimum atomic E-state index is -0.385. The Morgan fingerprint density at radius 1 is 1.29 bits per heavy atom. The number of aromatic amines is 1. The zero-order valence-electron chi connectivity index (χ0n) is 15.6. The first kappa shape index (κ1) is 18.4. The number of fused-ring (bicyclic) bond motifs is 1. The zero-order valence-corrected chi connectivity index (χ0v) is 15.6. The Kier molecular flexibility index (Phi) is 4.96. The van der Waals surface area contributed by atoms with Crippen molar-refractivity contribution in [2.45, 2.75) is 31.8 Å². The number of aromatic nitrogens is 2. The molecule has 2 heterocycles. The number of carbonyl (C=O) groups is 1. The van der Waals surface area contributed by atoms with E-state index in [0.29, 0.717) is 12.0 Å². The molecular weight excluding hydrogens is 357 g/mol. The molecule has 5 nitrogen and oxygen atoms in total. The molecule has 0 saturated heterocycles. The molecule has 6 heteroatoms. The molecule has 0 bridgehead atoms. The summed E-state index contributed by atoms with van der Waals surface area (Å²) in [6.07, 6.45) is 4.12. The Balaban J connectivity index is 1.69. The number of H-pyrrole nitrogens is 1. The summed E-state index contributed by atoms with van der Waals surface area (Å²) in [5, 5.41) is 16.9. The number of benzene rings is 2. The van der Waals surface area contributed by atoms with E-state index in [2.05, 4.69) is 10.2 Å². The van der Waals surface area contributed by atoms with E-state index in [1.807, 2.05) is 31.3 Å². The largest absolute Gasteiger partial charge is 0.394 e. The fourth-order valence-electron chi connectivity index (χ4n) is 4.16. The molecule has 0 radical (unpaired) electrons. The molecular formula is C22H22FN3O2. The molecule has 2 atom stereocenters. The van der Waals surface area contributed by atoms with Crippen LogP contribution in [0.3, 0.4) is 0 Å². The highest BCUT2D eigenvalue weighted by Gasteiger charge is 2.36. The molecule has 1 amide bonds. The minimum Gasteiger partial charge on any atom is -0.394 e. The summed E-state index contributed by atoms with van der Waals surface area (Å²) in [4.78, 5) is 14.8. The molecule has 0 spiro atoms. The molecule has 1 aromatic heterocycles. The smallest absolute Gasteiger partial charge is 0.227 e. The Morgan fingerprint density at radius 2 is 2.11 bits per heavy atom. The molecule has 0 saturated carbocycles. The third-order valence-corrected chi connectivity index (χ3v) is 5.52. The van der Waals surface area contributed by atoms with Crippen LogP contribution in [0.4, 0.5) is 4.39 Å². The van der Waals surface area contributed by atoms with Crippen molar-refractivity contribution in [3.05, 3.63) is 77.4 Å². The molecule has 0 unspecified atom stereocenters. The molecule has 1 aliphatic rings. The fourth-order valence-corrected chi connectivity index (χ4v) is 4.16. The molecule has 4 rings (SSSR count). The highest BCUT2D eigenvalue weighted by molar-refractivity contribution is 5.81.